The second-order valence-corrected chi connectivity index (χ2v) is 5.27. The molecule has 1 amide bonds. The quantitative estimate of drug-likeness (QED) is 0.851. The maximum Gasteiger partial charge on any atom is 0.254 e. The number of hydrogen-bond donors (Lipinski definition) is 1. The van der Waals surface area contributed by atoms with E-state index >= 15 is 0 Å². The highest BCUT2D eigenvalue weighted by Crippen LogP contribution is 2.18. The van der Waals surface area contributed by atoms with Gasteiger partial charge in [0.1, 0.15) is 0 Å². The Morgan fingerprint density at radius 1 is 1.50 bits per heavy atom. The summed E-state index contributed by atoms with van der Waals surface area (Å²) in [5.41, 5.74) is 0.667. The number of carbonyl (C=O) groups is 1. The van der Waals surface area contributed by atoms with Crippen molar-refractivity contribution in [2.75, 3.05) is 26.8 Å². The molecule has 3 nitrogen and oxygen atoms in total. The number of amides is 1. The molecule has 0 saturated carbocycles. The fraction of sp³-hybridized carbons (Fsp3) is 0.500. The van der Waals surface area contributed by atoms with Crippen molar-refractivity contribution in [1.29, 1.82) is 0 Å². The van der Waals surface area contributed by atoms with Crippen molar-refractivity contribution in [3.63, 3.8) is 0 Å². The second kappa shape index (κ2) is 6.25. The van der Waals surface area contributed by atoms with E-state index < -0.39 is 0 Å². The van der Waals surface area contributed by atoms with Gasteiger partial charge in [-0.15, -0.1) is 12.6 Å². The molecule has 0 N–H and O–H groups in total. The minimum Gasteiger partial charge on any atom is -0.381 e. The van der Waals surface area contributed by atoms with Crippen LogP contribution in [0.2, 0.25) is 0 Å². The van der Waals surface area contributed by atoms with Crippen LogP contribution in [0.15, 0.2) is 29.2 Å². The van der Waals surface area contributed by atoms with Crippen LogP contribution >= 0.6 is 12.6 Å². The molecule has 4 heteroatoms. The molecule has 1 atom stereocenters. The summed E-state index contributed by atoms with van der Waals surface area (Å²) in [6.07, 6.45) is 2.23. The van der Waals surface area contributed by atoms with Gasteiger partial charge in [-0.1, -0.05) is 12.1 Å². The van der Waals surface area contributed by atoms with Crippen molar-refractivity contribution in [1.82, 2.24) is 4.90 Å². The first-order chi connectivity index (χ1) is 8.68. The SMILES string of the molecule is CN(CC1CCCOC1)C(=O)c1ccccc1S. The van der Waals surface area contributed by atoms with Gasteiger partial charge in [0.2, 0.25) is 0 Å². The van der Waals surface area contributed by atoms with E-state index in [-0.39, 0.29) is 5.91 Å². The zero-order chi connectivity index (χ0) is 13.0. The van der Waals surface area contributed by atoms with E-state index in [0.29, 0.717) is 11.5 Å². The van der Waals surface area contributed by atoms with E-state index in [4.69, 9.17) is 4.74 Å². The van der Waals surface area contributed by atoms with Gasteiger partial charge in [-0.25, -0.2) is 0 Å². The lowest BCUT2D eigenvalue weighted by Crippen LogP contribution is -2.35. The van der Waals surface area contributed by atoms with E-state index in [1.807, 2.05) is 31.3 Å². The van der Waals surface area contributed by atoms with E-state index in [0.717, 1.165) is 37.5 Å². The van der Waals surface area contributed by atoms with Gasteiger partial charge in [-0.3, -0.25) is 4.79 Å². The smallest absolute Gasteiger partial charge is 0.254 e. The van der Waals surface area contributed by atoms with Gasteiger partial charge in [0.05, 0.1) is 12.2 Å². The predicted octanol–water partition coefficient (Wildman–Crippen LogP) is 2.47. The van der Waals surface area contributed by atoms with Gasteiger partial charge in [-0.2, -0.15) is 0 Å². The Bertz CT molecular complexity index is 416. The summed E-state index contributed by atoms with van der Waals surface area (Å²) in [4.78, 5) is 14.8. The van der Waals surface area contributed by atoms with Crippen LogP contribution in [0.1, 0.15) is 23.2 Å². The maximum absolute atomic E-state index is 12.3. The topological polar surface area (TPSA) is 29.5 Å². The molecule has 1 fully saturated rings. The van der Waals surface area contributed by atoms with E-state index in [1.54, 1.807) is 4.90 Å². The molecule has 18 heavy (non-hydrogen) atoms. The molecule has 0 bridgehead atoms. The molecule has 0 radical (unpaired) electrons. The molecule has 1 heterocycles. The number of ether oxygens (including phenoxy) is 1. The zero-order valence-electron chi connectivity index (χ0n) is 10.6. The lowest BCUT2D eigenvalue weighted by atomic mass is 10.0. The van der Waals surface area contributed by atoms with Crippen molar-refractivity contribution < 1.29 is 9.53 Å². The van der Waals surface area contributed by atoms with Crippen LogP contribution < -0.4 is 0 Å². The van der Waals surface area contributed by atoms with Gasteiger partial charge in [0.25, 0.3) is 5.91 Å². The van der Waals surface area contributed by atoms with Gasteiger partial charge < -0.3 is 9.64 Å². The predicted molar refractivity (Wildman–Crippen MR) is 74.2 cm³/mol. The Kier molecular flexibility index (Phi) is 4.66. The molecule has 1 aromatic rings. The minimum atomic E-state index is 0.0335. The third-order valence-electron chi connectivity index (χ3n) is 3.27. The lowest BCUT2D eigenvalue weighted by molar-refractivity contribution is 0.0387. The Balaban J connectivity index is 1.98. The van der Waals surface area contributed by atoms with Crippen LogP contribution in [0.5, 0.6) is 0 Å². The van der Waals surface area contributed by atoms with Crippen molar-refractivity contribution in [2.45, 2.75) is 17.7 Å². The molecule has 1 saturated heterocycles. The Hall–Kier alpha value is -1.00. The van der Waals surface area contributed by atoms with Crippen molar-refractivity contribution in [2.24, 2.45) is 5.92 Å². The number of nitrogens with zero attached hydrogens (tertiary/aromatic N) is 1. The first-order valence-electron chi connectivity index (χ1n) is 6.29. The summed E-state index contributed by atoms with van der Waals surface area (Å²) in [5.74, 6) is 0.492. The third-order valence-corrected chi connectivity index (χ3v) is 3.66. The molecule has 1 unspecified atom stereocenters. The average Bonchev–Trinajstić information content (AvgIpc) is 2.39. The van der Waals surface area contributed by atoms with Crippen molar-refractivity contribution in [3.8, 4) is 0 Å². The minimum absolute atomic E-state index is 0.0335. The molecular weight excluding hydrogens is 246 g/mol. The second-order valence-electron chi connectivity index (χ2n) is 4.79. The summed E-state index contributed by atoms with van der Waals surface area (Å²) >= 11 is 4.33. The first kappa shape index (κ1) is 13.4. The maximum atomic E-state index is 12.3. The standard InChI is InChI=1S/C14H19NO2S/c1-15(9-11-5-4-8-17-10-11)14(16)12-6-2-3-7-13(12)18/h2-3,6-7,11,18H,4-5,8-10H2,1H3. The lowest BCUT2D eigenvalue weighted by Gasteiger charge is -2.27. The van der Waals surface area contributed by atoms with Crippen LogP contribution in [-0.4, -0.2) is 37.6 Å². The molecule has 1 aliphatic heterocycles. The average molecular weight is 265 g/mol. The first-order valence-corrected chi connectivity index (χ1v) is 6.74. The van der Waals surface area contributed by atoms with Crippen LogP contribution in [-0.2, 0) is 4.74 Å². The van der Waals surface area contributed by atoms with Crippen LogP contribution in [0.25, 0.3) is 0 Å². The number of benzene rings is 1. The fourth-order valence-corrected chi connectivity index (χ4v) is 2.54. The molecule has 0 aromatic heterocycles. The third kappa shape index (κ3) is 3.27. The Morgan fingerprint density at radius 3 is 2.94 bits per heavy atom. The number of thiol groups is 1. The number of hydrogen-bond acceptors (Lipinski definition) is 3. The number of carbonyl (C=O) groups excluding carboxylic acids is 1. The van der Waals surface area contributed by atoms with Gasteiger partial charge >= 0.3 is 0 Å². The fourth-order valence-electron chi connectivity index (χ4n) is 2.28. The van der Waals surface area contributed by atoms with E-state index in [2.05, 4.69) is 12.6 Å². The molecule has 98 valence electrons. The zero-order valence-corrected chi connectivity index (χ0v) is 11.5. The van der Waals surface area contributed by atoms with Gasteiger partial charge in [0.15, 0.2) is 0 Å². The highest BCUT2D eigenvalue weighted by molar-refractivity contribution is 7.80. The van der Waals surface area contributed by atoms with Crippen molar-refractivity contribution >= 4 is 18.5 Å². The highest BCUT2D eigenvalue weighted by Gasteiger charge is 2.20. The Morgan fingerprint density at radius 2 is 2.28 bits per heavy atom. The van der Waals surface area contributed by atoms with Crippen LogP contribution in [0, 0.1) is 5.92 Å². The molecule has 1 aromatic carbocycles. The summed E-state index contributed by atoms with van der Waals surface area (Å²) < 4.78 is 5.44. The van der Waals surface area contributed by atoms with Crippen LogP contribution in [0.4, 0.5) is 0 Å². The monoisotopic (exact) mass is 265 g/mol. The van der Waals surface area contributed by atoms with Crippen molar-refractivity contribution in [3.05, 3.63) is 29.8 Å². The van der Waals surface area contributed by atoms with E-state index in [9.17, 15) is 4.79 Å². The molecule has 0 aliphatic carbocycles. The summed E-state index contributed by atoms with van der Waals surface area (Å²) in [5, 5.41) is 0. The van der Waals surface area contributed by atoms with E-state index in [1.165, 1.54) is 0 Å². The highest BCUT2D eigenvalue weighted by atomic mass is 32.1. The molecule has 1 aliphatic rings. The molecule has 0 spiro atoms. The van der Waals surface area contributed by atoms with Gasteiger partial charge in [-0.05, 0) is 30.9 Å². The Labute approximate surface area is 114 Å². The summed E-state index contributed by atoms with van der Waals surface area (Å²) in [6, 6.07) is 7.41. The molecule has 2 rings (SSSR count). The summed E-state index contributed by atoms with van der Waals surface area (Å²) in [6.45, 7) is 2.37. The normalized spacial score (nSPS) is 19.6. The molecular formula is C14H19NO2S. The summed E-state index contributed by atoms with van der Waals surface area (Å²) in [7, 11) is 1.84. The number of rotatable bonds is 3. The van der Waals surface area contributed by atoms with Crippen LogP contribution in [0.3, 0.4) is 0 Å². The van der Waals surface area contributed by atoms with Gasteiger partial charge in [0, 0.05) is 25.1 Å². The largest absolute Gasteiger partial charge is 0.381 e.